The monoisotopic (exact) mass is 197 g/mol. The highest BCUT2D eigenvalue weighted by atomic mass is 32.1. The van der Waals surface area contributed by atoms with Crippen LogP contribution in [0.3, 0.4) is 0 Å². The van der Waals surface area contributed by atoms with E-state index < -0.39 is 0 Å². The molecule has 1 aliphatic heterocycles. The van der Waals surface area contributed by atoms with Crippen LogP contribution in [0.4, 0.5) is 0 Å². The van der Waals surface area contributed by atoms with Gasteiger partial charge in [0, 0.05) is 5.38 Å². The lowest BCUT2D eigenvalue weighted by molar-refractivity contribution is 0.472. The highest BCUT2D eigenvalue weighted by Crippen LogP contribution is 2.15. The van der Waals surface area contributed by atoms with Crippen molar-refractivity contribution in [2.45, 2.75) is 25.7 Å². The maximum absolute atomic E-state index is 4.08. The summed E-state index contributed by atoms with van der Waals surface area (Å²) in [7, 11) is 0. The summed E-state index contributed by atoms with van der Waals surface area (Å²) < 4.78 is 3.88. The van der Waals surface area contributed by atoms with Crippen LogP contribution in [0.2, 0.25) is 0 Å². The molecular weight excluding hydrogens is 182 g/mol. The van der Waals surface area contributed by atoms with Gasteiger partial charge in [0.1, 0.15) is 0 Å². The molecule has 1 unspecified atom stereocenters. The van der Waals surface area contributed by atoms with E-state index in [0.29, 0.717) is 0 Å². The molecule has 1 saturated heterocycles. The van der Waals surface area contributed by atoms with Crippen LogP contribution in [0.1, 0.15) is 25.0 Å². The van der Waals surface area contributed by atoms with Gasteiger partial charge in [-0.15, -0.1) is 5.10 Å². The Balaban J connectivity index is 1.86. The van der Waals surface area contributed by atoms with Crippen molar-refractivity contribution in [2.75, 3.05) is 13.1 Å². The molecule has 4 heteroatoms. The summed E-state index contributed by atoms with van der Waals surface area (Å²) >= 11 is 1.45. The number of hydrogen-bond donors (Lipinski definition) is 1. The van der Waals surface area contributed by atoms with E-state index in [0.717, 1.165) is 18.9 Å². The average molecular weight is 197 g/mol. The van der Waals surface area contributed by atoms with Gasteiger partial charge in [-0.1, -0.05) is 10.9 Å². The third kappa shape index (κ3) is 2.74. The molecule has 1 atom stereocenters. The van der Waals surface area contributed by atoms with Gasteiger partial charge < -0.3 is 5.32 Å². The quantitative estimate of drug-likeness (QED) is 0.780. The van der Waals surface area contributed by atoms with Crippen LogP contribution in [-0.4, -0.2) is 22.7 Å². The number of nitrogens with one attached hydrogen (secondary N) is 1. The van der Waals surface area contributed by atoms with Gasteiger partial charge in [-0.25, -0.2) is 0 Å². The first-order chi connectivity index (χ1) is 6.45. The summed E-state index contributed by atoms with van der Waals surface area (Å²) in [6, 6.07) is 0. The molecule has 1 aromatic rings. The standard InChI is InChI=1S/C9H15N3S/c1-2-4-10-6-8(3-1)5-9-7-13-12-11-9/h7-8,10H,1-6H2. The van der Waals surface area contributed by atoms with Crippen molar-refractivity contribution in [3.8, 4) is 0 Å². The molecule has 1 aromatic heterocycles. The van der Waals surface area contributed by atoms with Crippen molar-refractivity contribution in [3.05, 3.63) is 11.1 Å². The second-order valence-corrected chi connectivity index (χ2v) is 4.28. The highest BCUT2D eigenvalue weighted by Gasteiger charge is 2.13. The first-order valence-corrected chi connectivity index (χ1v) is 5.75. The van der Waals surface area contributed by atoms with Crippen molar-refractivity contribution in [1.82, 2.24) is 14.9 Å². The van der Waals surface area contributed by atoms with Gasteiger partial charge >= 0.3 is 0 Å². The van der Waals surface area contributed by atoms with E-state index >= 15 is 0 Å². The lowest BCUT2D eigenvalue weighted by atomic mass is 9.98. The molecule has 13 heavy (non-hydrogen) atoms. The number of aromatic nitrogens is 2. The summed E-state index contributed by atoms with van der Waals surface area (Å²) in [5.41, 5.74) is 1.17. The minimum absolute atomic E-state index is 0.770. The zero-order chi connectivity index (χ0) is 8.93. The maximum atomic E-state index is 4.08. The summed E-state index contributed by atoms with van der Waals surface area (Å²) in [6.45, 7) is 2.34. The molecule has 2 heterocycles. The predicted octanol–water partition coefficient (Wildman–Crippen LogP) is 1.47. The van der Waals surface area contributed by atoms with Gasteiger partial charge in [0.2, 0.25) is 0 Å². The Hall–Kier alpha value is -0.480. The van der Waals surface area contributed by atoms with Crippen molar-refractivity contribution in [2.24, 2.45) is 5.92 Å². The van der Waals surface area contributed by atoms with E-state index in [4.69, 9.17) is 0 Å². The van der Waals surface area contributed by atoms with E-state index in [1.54, 1.807) is 0 Å². The second kappa shape index (κ2) is 4.67. The van der Waals surface area contributed by atoms with Crippen molar-refractivity contribution in [3.63, 3.8) is 0 Å². The van der Waals surface area contributed by atoms with E-state index in [9.17, 15) is 0 Å². The van der Waals surface area contributed by atoms with Gasteiger partial charge in [0.25, 0.3) is 0 Å². The second-order valence-electron chi connectivity index (χ2n) is 3.67. The minimum atomic E-state index is 0.770. The normalized spacial score (nSPS) is 24.2. The molecule has 2 rings (SSSR count). The molecule has 0 aliphatic carbocycles. The fraction of sp³-hybridized carbons (Fsp3) is 0.778. The zero-order valence-electron chi connectivity index (χ0n) is 7.70. The first-order valence-electron chi connectivity index (χ1n) is 4.92. The van der Waals surface area contributed by atoms with Crippen LogP contribution < -0.4 is 5.32 Å². The fourth-order valence-corrected chi connectivity index (χ4v) is 2.30. The maximum Gasteiger partial charge on any atom is 0.0758 e. The van der Waals surface area contributed by atoms with Gasteiger partial charge in [-0.3, -0.25) is 0 Å². The Morgan fingerprint density at radius 3 is 3.38 bits per heavy atom. The summed E-state index contributed by atoms with van der Waals surface area (Å²) in [4.78, 5) is 0. The van der Waals surface area contributed by atoms with E-state index in [2.05, 4.69) is 20.3 Å². The van der Waals surface area contributed by atoms with Crippen LogP contribution in [0.5, 0.6) is 0 Å². The molecule has 72 valence electrons. The zero-order valence-corrected chi connectivity index (χ0v) is 8.52. The number of nitrogens with zero attached hydrogens (tertiary/aromatic N) is 2. The smallest absolute Gasteiger partial charge is 0.0758 e. The Bertz CT molecular complexity index is 227. The molecule has 1 N–H and O–H groups in total. The topological polar surface area (TPSA) is 37.8 Å². The van der Waals surface area contributed by atoms with E-state index in [1.165, 1.54) is 43.0 Å². The Labute approximate surface area is 82.7 Å². The minimum Gasteiger partial charge on any atom is -0.316 e. The average Bonchev–Trinajstić information content (AvgIpc) is 2.49. The molecule has 0 aromatic carbocycles. The molecule has 1 fully saturated rings. The fourth-order valence-electron chi connectivity index (χ4n) is 1.83. The van der Waals surface area contributed by atoms with Gasteiger partial charge in [0.05, 0.1) is 5.69 Å². The third-order valence-corrected chi connectivity index (χ3v) is 3.11. The Morgan fingerprint density at radius 2 is 2.54 bits per heavy atom. The lowest BCUT2D eigenvalue weighted by Crippen LogP contribution is -2.22. The molecular formula is C9H15N3S. The Kier molecular flexibility index (Phi) is 3.27. The molecule has 0 bridgehead atoms. The Morgan fingerprint density at radius 1 is 1.54 bits per heavy atom. The van der Waals surface area contributed by atoms with Crippen molar-refractivity contribution >= 4 is 11.5 Å². The van der Waals surface area contributed by atoms with Crippen molar-refractivity contribution < 1.29 is 0 Å². The summed E-state index contributed by atoms with van der Waals surface area (Å²) in [5.74, 6) is 0.770. The predicted molar refractivity (Wildman–Crippen MR) is 53.8 cm³/mol. The number of rotatable bonds is 2. The molecule has 0 amide bonds. The van der Waals surface area contributed by atoms with Gasteiger partial charge in [0.15, 0.2) is 0 Å². The largest absolute Gasteiger partial charge is 0.316 e. The van der Waals surface area contributed by atoms with Crippen LogP contribution in [0.15, 0.2) is 5.38 Å². The summed E-state index contributed by atoms with van der Waals surface area (Å²) in [6.07, 6.45) is 5.12. The SMILES string of the molecule is c1snnc1CC1CCCCNC1. The van der Waals surface area contributed by atoms with E-state index in [-0.39, 0.29) is 0 Å². The first kappa shape index (κ1) is 9.09. The van der Waals surface area contributed by atoms with Crippen LogP contribution >= 0.6 is 11.5 Å². The van der Waals surface area contributed by atoms with Gasteiger partial charge in [-0.2, -0.15) is 0 Å². The van der Waals surface area contributed by atoms with Crippen LogP contribution in [-0.2, 0) is 6.42 Å². The molecule has 0 saturated carbocycles. The van der Waals surface area contributed by atoms with Gasteiger partial charge in [-0.05, 0) is 49.8 Å². The van der Waals surface area contributed by atoms with E-state index in [1.807, 2.05) is 0 Å². The molecule has 0 spiro atoms. The lowest BCUT2D eigenvalue weighted by Gasteiger charge is -2.11. The number of hydrogen-bond acceptors (Lipinski definition) is 4. The summed E-state index contributed by atoms with van der Waals surface area (Å²) in [5, 5.41) is 9.61. The molecule has 1 aliphatic rings. The van der Waals surface area contributed by atoms with Crippen LogP contribution in [0, 0.1) is 5.92 Å². The van der Waals surface area contributed by atoms with Crippen molar-refractivity contribution in [1.29, 1.82) is 0 Å². The molecule has 0 radical (unpaired) electrons. The van der Waals surface area contributed by atoms with Crippen LogP contribution in [0.25, 0.3) is 0 Å². The molecule has 3 nitrogen and oxygen atoms in total. The highest BCUT2D eigenvalue weighted by molar-refractivity contribution is 7.03. The third-order valence-electron chi connectivity index (χ3n) is 2.55.